The van der Waals surface area contributed by atoms with Crippen molar-refractivity contribution in [2.24, 2.45) is 4.99 Å². The van der Waals surface area contributed by atoms with Gasteiger partial charge in [0.2, 0.25) is 0 Å². The van der Waals surface area contributed by atoms with E-state index in [2.05, 4.69) is 27.2 Å². The number of likely N-dealkylation sites (N-methyl/N-ethyl adjacent to an activating group) is 2. The van der Waals surface area contributed by atoms with Crippen molar-refractivity contribution in [3.63, 3.8) is 0 Å². The Kier molecular flexibility index (Phi) is 11.1. The second-order valence-corrected chi connectivity index (χ2v) is 6.56. The zero-order valence-electron chi connectivity index (χ0n) is 16.7. The van der Waals surface area contributed by atoms with E-state index in [0.717, 1.165) is 44.8 Å². The third-order valence-electron chi connectivity index (χ3n) is 4.25. The van der Waals surface area contributed by atoms with Crippen LogP contribution in [0.15, 0.2) is 29.3 Å². The summed E-state index contributed by atoms with van der Waals surface area (Å²) >= 11 is 0. The molecule has 0 aliphatic heterocycles. The molecule has 6 nitrogen and oxygen atoms in total. The fraction of sp³-hybridized carbons (Fsp3) is 0.600. The maximum Gasteiger partial charge on any atom is 0.251 e. The van der Waals surface area contributed by atoms with Gasteiger partial charge >= 0.3 is 0 Å². The maximum atomic E-state index is 12.0. The van der Waals surface area contributed by atoms with E-state index in [9.17, 15) is 4.79 Å². The Morgan fingerprint density at radius 3 is 2.42 bits per heavy atom. The third-order valence-corrected chi connectivity index (χ3v) is 4.25. The standard InChI is InChI=1S/C20H34N4O2/c1-21-17-24(3)16-15-23(2)14-8-6-5-7-13-22-20(25)18-9-11-19(26-4)12-10-18/h9-12,17H,5-8,13-16H2,1-4H3,(H,22,25). The number of rotatable bonds is 13. The highest BCUT2D eigenvalue weighted by Crippen LogP contribution is 2.11. The summed E-state index contributed by atoms with van der Waals surface area (Å²) in [5, 5.41) is 2.97. The van der Waals surface area contributed by atoms with Crippen LogP contribution >= 0.6 is 0 Å². The second kappa shape index (κ2) is 13.2. The molecule has 0 spiro atoms. The third kappa shape index (κ3) is 9.42. The van der Waals surface area contributed by atoms with Crippen molar-refractivity contribution in [3.8, 4) is 5.75 Å². The van der Waals surface area contributed by atoms with Crippen LogP contribution in [0, 0.1) is 0 Å². The number of aliphatic imine (C=N–C) groups is 1. The van der Waals surface area contributed by atoms with E-state index in [4.69, 9.17) is 4.74 Å². The molecule has 0 aliphatic carbocycles. The number of hydrogen-bond acceptors (Lipinski definition) is 4. The van der Waals surface area contributed by atoms with Crippen LogP contribution in [0.4, 0.5) is 0 Å². The van der Waals surface area contributed by atoms with Crippen LogP contribution in [0.3, 0.4) is 0 Å². The molecule has 0 aliphatic rings. The van der Waals surface area contributed by atoms with E-state index in [0.29, 0.717) is 5.56 Å². The summed E-state index contributed by atoms with van der Waals surface area (Å²) in [6.07, 6.45) is 6.39. The average Bonchev–Trinajstić information content (AvgIpc) is 2.65. The summed E-state index contributed by atoms with van der Waals surface area (Å²) in [7, 11) is 7.61. The van der Waals surface area contributed by atoms with Crippen LogP contribution < -0.4 is 10.1 Å². The van der Waals surface area contributed by atoms with Crippen molar-refractivity contribution in [1.82, 2.24) is 15.1 Å². The molecule has 1 amide bonds. The molecule has 6 heteroatoms. The maximum absolute atomic E-state index is 12.0. The summed E-state index contributed by atoms with van der Waals surface area (Å²) in [5.74, 6) is 0.740. The number of methoxy groups -OCH3 is 1. The number of benzene rings is 1. The lowest BCUT2D eigenvalue weighted by atomic mass is 10.1. The lowest BCUT2D eigenvalue weighted by Gasteiger charge is -2.20. The molecular formula is C20H34N4O2. The van der Waals surface area contributed by atoms with Gasteiger partial charge in [-0.1, -0.05) is 12.8 Å². The highest BCUT2D eigenvalue weighted by molar-refractivity contribution is 5.94. The van der Waals surface area contributed by atoms with Crippen molar-refractivity contribution < 1.29 is 9.53 Å². The fourth-order valence-electron chi connectivity index (χ4n) is 2.60. The van der Waals surface area contributed by atoms with E-state index < -0.39 is 0 Å². The number of carbonyl (C=O) groups excluding carboxylic acids is 1. The van der Waals surface area contributed by atoms with E-state index >= 15 is 0 Å². The van der Waals surface area contributed by atoms with Gasteiger partial charge in [-0.05, 0) is 50.7 Å². The quantitative estimate of drug-likeness (QED) is 0.333. The summed E-state index contributed by atoms with van der Waals surface area (Å²) in [6.45, 7) is 3.86. The number of hydrogen-bond donors (Lipinski definition) is 1. The molecule has 0 radical (unpaired) electrons. The van der Waals surface area contributed by atoms with E-state index in [1.165, 1.54) is 12.8 Å². The van der Waals surface area contributed by atoms with Crippen LogP contribution in [0.1, 0.15) is 36.0 Å². The Labute approximate surface area is 158 Å². The predicted octanol–water partition coefficient (Wildman–Crippen LogP) is 2.51. The van der Waals surface area contributed by atoms with Crippen molar-refractivity contribution in [2.45, 2.75) is 25.7 Å². The van der Waals surface area contributed by atoms with Gasteiger partial charge in [0.05, 0.1) is 13.4 Å². The molecule has 0 fully saturated rings. The molecule has 1 N–H and O–H groups in total. The van der Waals surface area contributed by atoms with Gasteiger partial charge in [-0.2, -0.15) is 0 Å². The summed E-state index contributed by atoms with van der Waals surface area (Å²) in [6, 6.07) is 7.18. The monoisotopic (exact) mass is 362 g/mol. The second-order valence-electron chi connectivity index (χ2n) is 6.56. The first kappa shape index (κ1) is 22.0. The van der Waals surface area contributed by atoms with Gasteiger partial charge in [0.15, 0.2) is 0 Å². The van der Waals surface area contributed by atoms with Crippen LogP contribution in [0.2, 0.25) is 0 Å². The first-order valence-corrected chi connectivity index (χ1v) is 9.30. The Bertz CT molecular complexity index is 531. The van der Waals surface area contributed by atoms with Crippen molar-refractivity contribution in [2.75, 3.05) is 54.4 Å². The molecule has 1 aromatic rings. The minimum atomic E-state index is -0.0212. The van der Waals surface area contributed by atoms with E-state index in [-0.39, 0.29) is 5.91 Å². The molecule has 0 saturated carbocycles. The van der Waals surface area contributed by atoms with Gasteiger partial charge < -0.3 is 19.9 Å². The zero-order valence-corrected chi connectivity index (χ0v) is 16.7. The minimum Gasteiger partial charge on any atom is -0.497 e. The number of nitrogens with zero attached hydrogens (tertiary/aromatic N) is 3. The zero-order chi connectivity index (χ0) is 19.2. The molecule has 146 valence electrons. The van der Waals surface area contributed by atoms with E-state index in [1.807, 2.05) is 13.4 Å². The average molecular weight is 363 g/mol. The smallest absolute Gasteiger partial charge is 0.251 e. The SMILES string of the molecule is CN=CN(C)CCN(C)CCCCCCNC(=O)c1ccc(OC)cc1. The van der Waals surface area contributed by atoms with Gasteiger partial charge in [-0.15, -0.1) is 0 Å². The summed E-state index contributed by atoms with van der Waals surface area (Å²) in [4.78, 5) is 20.5. The molecule has 0 atom stereocenters. The van der Waals surface area contributed by atoms with Gasteiger partial charge in [0.1, 0.15) is 5.75 Å². The van der Waals surface area contributed by atoms with Crippen LogP contribution in [-0.4, -0.2) is 76.5 Å². The summed E-state index contributed by atoms with van der Waals surface area (Å²) < 4.78 is 5.10. The molecule has 1 rings (SSSR count). The predicted molar refractivity (Wildman–Crippen MR) is 108 cm³/mol. The highest BCUT2D eigenvalue weighted by Gasteiger charge is 2.04. The molecule has 1 aromatic carbocycles. The van der Waals surface area contributed by atoms with Gasteiger partial charge in [-0.3, -0.25) is 9.79 Å². The van der Waals surface area contributed by atoms with Crippen LogP contribution in [-0.2, 0) is 0 Å². The van der Waals surface area contributed by atoms with Gasteiger partial charge in [0.25, 0.3) is 5.91 Å². The topological polar surface area (TPSA) is 57.2 Å². The lowest BCUT2D eigenvalue weighted by Crippen LogP contribution is -2.30. The molecule has 0 unspecified atom stereocenters. The van der Waals surface area contributed by atoms with Gasteiger partial charge in [0, 0.05) is 39.3 Å². The van der Waals surface area contributed by atoms with Gasteiger partial charge in [-0.25, -0.2) is 0 Å². The minimum absolute atomic E-state index is 0.0212. The highest BCUT2D eigenvalue weighted by atomic mass is 16.5. The Hall–Kier alpha value is -2.08. The Balaban J connectivity index is 2.03. The molecule has 0 aromatic heterocycles. The molecule has 0 saturated heterocycles. The number of carbonyl (C=O) groups is 1. The molecular weight excluding hydrogens is 328 g/mol. The Morgan fingerprint density at radius 2 is 1.77 bits per heavy atom. The van der Waals surface area contributed by atoms with Crippen molar-refractivity contribution >= 4 is 12.2 Å². The van der Waals surface area contributed by atoms with Crippen molar-refractivity contribution in [3.05, 3.63) is 29.8 Å². The first-order valence-electron chi connectivity index (χ1n) is 9.30. The number of ether oxygens (including phenoxy) is 1. The van der Waals surface area contributed by atoms with Crippen molar-refractivity contribution in [1.29, 1.82) is 0 Å². The molecule has 26 heavy (non-hydrogen) atoms. The summed E-state index contributed by atoms with van der Waals surface area (Å²) in [5.41, 5.74) is 0.672. The van der Waals surface area contributed by atoms with Crippen LogP contribution in [0.25, 0.3) is 0 Å². The molecule has 0 heterocycles. The normalized spacial score (nSPS) is 11.1. The lowest BCUT2D eigenvalue weighted by molar-refractivity contribution is 0.0953. The Morgan fingerprint density at radius 1 is 1.08 bits per heavy atom. The van der Waals surface area contributed by atoms with Crippen LogP contribution in [0.5, 0.6) is 5.75 Å². The van der Waals surface area contributed by atoms with E-state index in [1.54, 1.807) is 38.4 Å². The number of amides is 1. The number of nitrogens with one attached hydrogen (secondary N) is 1. The first-order chi connectivity index (χ1) is 12.6. The number of unbranched alkanes of at least 4 members (excludes halogenated alkanes) is 3. The fourth-order valence-corrected chi connectivity index (χ4v) is 2.60. The molecule has 0 bridgehead atoms. The largest absolute Gasteiger partial charge is 0.497 e.